The number of hydrogen-bond acceptors (Lipinski definition) is 3. The fourth-order valence-corrected chi connectivity index (χ4v) is 1.09. The van der Waals surface area contributed by atoms with Gasteiger partial charge in [0.2, 0.25) is 0 Å². The van der Waals surface area contributed by atoms with Crippen LogP contribution >= 0.6 is 0 Å². The molecule has 0 aromatic heterocycles. The molecule has 0 aliphatic rings. The van der Waals surface area contributed by atoms with Crippen molar-refractivity contribution in [3.05, 3.63) is 39.9 Å². The second kappa shape index (κ2) is 4.21. The van der Waals surface area contributed by atoms with E-state index in [0.717, 1.165) is 0 Å². The van der Waals surface area contributed by atoms with Crippen molar-refractivity contribution in [3.63, 3.8) is 0 Å². The molecule has 0 saturated heterocycles. The Morgan fingerprint density at radius 1 is 1.46 bits per heavy atom. The van der Waals surface area contributed by atoms with Crippen molar-refractivity contribution in [3.8, 4) is 6.07 Å². The van der Waals surface area contributed by atoms with Crippen LogP contribution in [0.3, 0.4) is 0 Å². The molecule has 0 amide bonds. The van der Waals surface area contributed by atoms with Crippen molar-refractivity contribution >= 4 is 5.69 Å². The molecule has 1 aromatic rings. The lowest BCUT2D eigenvalue weighted by Crippen LogP contribution is -1.94. The Bertz CT molecular complexity index is 355. The highest BCUT2D eigenvalue weighted by atomic mass is 16.6. The van der Waals surface area contributed by atoms with Gasteiger partial charge in [-0.2, -0.15) is 5.26 Å². The lowest BCUT2D eigenvalue weighted by molar-refractivity contribution is -0.385. The summed E-state index contributed by atoms with van der Waals surface area (Å²) in [6.07, 6.45) is 0.749. The summed E-state index contributed by atoms with van der Waals surface area (Å²) in [4.78, 5) is 10.1. The van der Waals surface area contributed by atoms with Gasteiger partial charge in [0.1, 0.15) is 0 Å². The standard InChI is InChI=1S/C9H8N2O2/c10-7-3-5-8-4-1-2-6-9(8)11(12)13/h1-2,4,6H,3,5H2. The smallest absolute Gasteiger partial charge is 0.258 e. The molecule has 0 heterocycles. The third kappa shape index (κ3) is 2.27. The summed E-state index contributed by atoms with van der Waals surface area (Å²) in [6.45, 7) is 0. The minimum Gasteiger partial charge on any atom is -0.258 e. The van der Waals surface area contributed by atoms with Crippen LogP contribution in [0.4, 0.5) is 5.69 Å². The van der Waals surface area contributed by atoms with Crippen LogP contribution in [0.1, 0.15) is 12.0 Å². The molecular formula is C9H8N2O2. The first-order valence-electron chi connectivity index (χ1n) is 3.85. The number of hydrogen-bond donors (Lipinski definition) is 0. The zero-order valence-electron chi connectivity index (χ0n) is 6.93. The summed E-state index contributed by atoms with van der Waals surface area (Å²) >= 11 is 0. The van der Waals surface area contributed by atoms with E-state index >= 15 is 0 Å². The van der Waals surface area contributed by atoms with Crippen molar-refractivity contribution in [2.45, 2.75) is 12.8 Å². The van der Waals surface area contributed by atoms with Gasteiger partial charge in [-0.05, 0) is 6.42 Å². The molecule has 0 radical (unpaired) electrons. The summed E-state index contributed by atoms with van der Waals surface area (Å²) in [5.41, 5.74) is 0.715. The average Bonchev–Trinajstić information content (AvgIpc) is 2.15. The van der Waals surface area contributed by atoms with E-state index in [9.17, 15) is 10.1 Å². The highest BCUT2D eigenvalue weighted by molar-refractivity contribution is 5.39. The van der Waals surface area contributed by atoms with Crippen molar-refractivity contribution in [1.82, 2.24) is 0 Å². The van der Waals surface area contributed by atoms with E-state index in [4.69, 9.17) is 5.26 Å². The molecule has 1 aromatic carbocycles. The number of rotatable bonds is 3. The molecule has 4 nitrogen and oxygen atoms in total. The summed E-state index contributed by atoms with van der Waals surface area (Å²) in [7, 11) is 0. The molecule has 0 atom stereocenters. The fourth-order valence-electron chi connectivity index (χ4n) is 1.09. The van der Waals surface area contributed by atoms with Crippen LogP contribution < -0.4 is 0 Å². The van der Waals surface area contributed by atoms with Gasteiger partial charge in [-0.15, -0.1) is 0 Å². The van der Waals surface area contributed by atoms with Gasteiger partial charge >= 0.3 is 0 Å². The molecule has 0 saturated carbocycles. The number of aryl methyl sites for hydroxylation is 1. The first-order valence-corrected chi connectivity index (χ1v) is 3.85. The highest BCUT2D eigenvalue weighted by Crippen LogP contribution is 2.18. The summed E-state index contributed by atoms with van der Waals surface area (Å²) in [6, 6.07) is 8.44. The molecule has 0 unspecified atom stereocenters. The SMILES string of the molecule is N#CCCc1ccccc1[N+](=O)[O-]. The molecule has 0 fully saturated rings. The molecule has 0 bridgehead atoms. The predicted octanol–water partition coefficient (Wildman–Crippen LogP) is 2.05. The van der Waals surface area contributed by atoms with E-state index in [1.54, 1.807) is 18.2 Å². The Balaban J connectivity index is 2.92. The molecule has 0 aliphatic heterocycles. The Kier molecular flexibility index (Phi) is 2.98. The first-order chi connectivity index (χ1) is 6.25. The number of benzene rings is 1. The minimum atomic E-state index is -0.424. The lowest BCUT2D eigenvalue weighted by Gasteiger charge is -1.98. The maximum atomic E-state index is 10.5. The second-order valence-electron chi connectivity index (χ2n) is 2.54. The maximum Gasteiger partial charge on any atom is 0.272 e. The van der Waals surface area contributed by atoms with E-state index in [0.29, 0.717) is 18.4 Å². The first kappa shape index (κ1) is 9.20. The van der Waals surface area contributed by atoms with Gasteiger partial charge < -0.3 is 0 Å². The Morgan fingerprint density at radius 3 is 2.77 bits per heavy atom. The number of nitro groups is 1. The highest BCUT2D eigenvalue weighted by Gasteiger charge is 2.10. The van der Waals surface area contributed by atoms with Gasteiger partial charge in [-0.25, -0.2) is 0 Å². The van der Waals surface area contributed by atoms with E-state index in [2.05, 4.69) is 0 Å². The van der Waals surface area contributed by atoms with Crippen LogP contribution in [0.25, 0.3) is 0 Å². The van der Waals surface area contributed by atoms with E-state index in [1.807, 2.05) is 6.07 Å². The molecular weight excluding hydrogens is 168 g/mol. The number of nitro benzene ring substituents is 1. The van der Waals surface area contributed by atoms with Gasteiger partial charge in [-0.3, -0.25) is 10.1 Å². The Morgan fingerprint density at radius 2 is 2.15 bits per heavy atom. The van der Waals surface area contributed by atoms with Gasteiger partial charge in [0.15, 0.2) is 0 Å². The van der Waals surface area contributed by atoms with Gasteiger partial charge in [-0.1, -0.05) is 18.2 Å². The molecule has 66 valence electrons. The molecule has 0 N–H and O–H groups in total. The van der Waals surface area contributed by atoms with E-state index < -0.39 is 4.92 Å². The van der Waals surface area contributed by atoms with Crippen LogP contribution in [0.2, 0.25) is 0 Å². The molecule has 1 rings (SSSR count). The summed E-state index contributed by atoms with van der Waals surface area (Å²) in [5.74, 6) is 0. The number of nitriles is 1. The van der Waals surface area contributed by atoms with Crippen molar-refractivity contribution in [1.29, 1.82) is 5.26 Å². The third-order valence-electron chi connectivity index (χ3n) is 1.69. The largest absolute Gasteiger partial charge is 0.272 e. The zero-order valence-corrected chi connectivity index (χ0v) is 6.93. The van der Waals surface area contributed by atoms with Crippen LogP contribution in [-0.4, -0.2) is 4.92 Å². The van der Waals surface area contributed by atoms with Gasteiger partial charge in [0.05, 0.1) is 11.0 Å². The van der Waals surface area contributed by atoms with Crippen LogP contribution in [-0.2, 0) is 6.42 Å². The van der Waals surface area contributed by atoms with Crippen LogP contribution in [0.15, 0.2) is 24.3 Å². The monoisotopic (exact) mass is 176 g/mol. The lowest BCUT2D eigenvalue weighted by atomic mass is 10.1. The van der Waals surface area contributed by atoms with Crippen molar-refractivity contribution < 1.29 is 4.92 Å². The number of para-hydroxylation sites is 1. The zero-order chi connectivity index (χ0) is 9.68. The van der Waals surface area contributed by atoms with Crippen molar-refractivity contribution in [2.75, 3.05) is 0 Å². The van der Waals surface area contributed by atoms with Crippen molar-refractivity contribution in [2.24, 2.45) is 0 Å². The number of nitrogens with zero attached hydrogens (tertiary/aromatic N) is 2. The molecule has 0 aliphatic carbocycles. The van der Waals surface area contributed by atoms with Gasteiger partial charge in [0.25, 0.3) is 5.69 Å². The topological polar surface area (TPSA) is 66.9 Å². The molecule has 4 heteroatoms. The normalized spacial score (nSPS) is 9.15. The quantitative estimate of drug-likeness (QED) is 0.522. The van der Waals surface area contributed by atoms with E-state index in [-0.39, 0.29) is 5.69 Å². The molecule has 13 heavy (non-hydrogen) atoms. The van der Waals surface area contributed by atoms with Gasteiger partial charge in [0, 0.05) is 18.1 Å². The fraction of sp³-hybridized carbons (Fsp3) is 0.222. The Hall–Kier alpha value is -1.89. The summed E-state index contributed by atoms with van der Waals surface area (Å²) in [5, 5.41) is 18.8. The maximum absolute atomic E-state index is 10.5. The Labute approximate surface area is 75.6 Å². The predicted molar refractivity (Wildman–Crippen MR) is 47.0 cm³/mol. The average molecular weight is 176 g/mol. The van der Waals surface area contributed by atoms with Crippen LogP contribution in [0.5, 0.6) is 0 Å². The minimum absolute atomic E-state index is 0.0951. The third-order valence-corrected chi connectivity index (χ3v) is 1.69. The summed E-state index contributed by atoms with van der Waals surface area (Å²) < 4.78 is 0. The molecule has 0 spiro atoms. The van der Waals surface area contributed by atoms with E-state index in [1.165, 1.54) is 6.07 Å². The van der Waals surface area contributed by atoms with Crippen LogP contribution in [0, 0.1) is 21.4 Å². The second-order valence-corrected chi connectivity index (χ2v) is 2.54.